The molecule has 5 heteroatoms. The first-order chi connectivity index (χ1) is 17.5. The SMILES string of the molecule is CCCCCN1C(=O)c2oc3c(C)cc(C)cc3c(=O)c2C1c1ccc(OCc2ccccc2)cc1. The van der Waals surface area contributed by atoms with E-state index in [1.54, 1.807) is 4.90 Å². The first-order valence-corrected chi connectivity index (χ1v) is 12.6. The number of amides is 1. The van der Waals surface area contributed by atoms with Crippen molar-refractivity contribution in [2.75, 3.05) is 6.54 Å². The summed E-state index contributed by atoms with van der Waals surface area (Å²) < 4.78 is 12.1. The van der Waals surface area contributed by atoms with Crippen molar-refractivity contribution in [1.29, 1.82) is 0 Å². The highest BCUT2D eigenvalue weighted by Gasteiger charge is 2.42. The number of fused-ring (bicyclic) bond motifs is 2. The van der Waals surface area contributed by atoms with Gasteiger partial charge in [-0.15, -0.1) is 0 Å². The lowest BCUT2D eigenvalue weighted by atomic mass is 9.97. The van der Waals surface area contributed by atoms with Crippen LogP contribution in [-0.4, -0.2) is 17.4 Å². The number of rotatable bonds is 8. The number of hydrogen-bond acceptors (Lipinski definition) is 4. The maximum absolute atomic E-state index is 13.8. The lowest BCUT2D eigenvalue weighted by molar-refractivity contribution is 0.0724. The minimum absolute atomic E-state index is 0.126. The Hall–Kier alpha value is -3.86. The first kappa shape index (κ1) is 23.9. The Bertz CT molecular complexity index is 1450. The van der Waals surface area contributed by atoms with Gasteiger partial charge in [0.25, 0.3) is 5.91 Å². The lowest BCUT2D eigenvalue weighted by Gasteiger charge is -2.25. The number of unbranched alkanes of at least 4 members (excludes halogenated alkanes) is 2. The topological polar surface area (TPSA) is 59.8 Å². The molecule has 0 N–H and O–H groups in total. The van der Waals surface area contributed by atoms with Gasteiger partial charge in [0.05, 0.1) is 17.0 Å². The molecule has 0 saturated heterocycles. The standard InChI is InChI=1S/C31H31NO4/c1-4-5-9-16-32-27(23-12-14-24(15-13-23)35-19-22-10-7-6-8-11-22)26-28(33)25-18-20(2)17-21(3)29(25)36-30(26)31(32)34/h6-8,10-15,17-18,27H,4-5,9,16,19H2,1-3H3. The van der Waals surface area contributed by atoms with Gasteiger partial charge in [-0.05, 0) is 60.7 Å². The molecule has 1 atom stereocenters. The van der Waals surface area contributed by atoms with Crippen LogP contribution >= 0.6 is 0 Å². The van der Waals surface area contributed by atoms with Crippen molar-refractivity contribution in [3.63, 3.8) is 0 Å². The average Bonchev–Trinajstić information content (AvgIpc) is 3.16. The Morgan fingerprint density at radius 2 is 1.69 bits per heavy atom. The lowest BCUT2D eigenvalue weighted by Crippen LogP contribution is -2.30. The van der Waals surface area contributed by atoms with Crippen molar-refractivity contribution >= 4 is 16.9 Å². The van der Waals surface area contributed by atoms with Gasteiger partial charge in [-0.25, -0.2) is 0 Å². The number of hydrogen-bond donors (Lipinski definition) is 0. The molecule has 0 spiro atoms. The van der Waals surface area contributed by atoms with Gasteiger partial charge in [-0.3, -0.25) is 9.59 Å². The predicted molar refractivity (Wildman–Crippen MR) is 142 cm³/mol. The summed E-state index contributed by atoms with van der Waals surface area (Å²) in [7, 11) is 0. The summed E-state index contributed by atoms with van der Waals surface area (Å²) in [6.45, 7) is 7.06. The van der Waals surface area contributed by atoms with E-state index in [1.165, 1.54) is 0 Å². The second-order valence-electron chi connectivity index (χ2n) is 9.58. The third kappa shape index (κ3) is 4.41. The number of carbonyl (C=O) groups is 1. The van der Waals surface area contributed by atoms with Gasteiger partial charge in [0.1, 0.15) is 17.9 Å². The fourth-order valence-electron chi connectivity index (χ4n) is 5.07. The van der Waals surface area contributed by atoms with Crippen LogP contribution in [0, 0.1) is 13.8 Å². The monoisotopic (exact) mass is 481 g/mol. The molecule has 1 aliphatic rings. The molecule has 0 fully saturated rings. The van der Waals surface area contributed by atoms with Crippen LogP contribution < -0.4 is 10.2 Å². The van der Waals surface area contributed by atoms with Crippen LogP contribution in [0.2, 0.25) is 0 Å². The fraction of sp³-hybridized carbons (Fsp3) is 0.290. The molecule has 0 radical (unpaired) electrons. The molecule has 1 aliphatic heterocycles. The van der Waals surface area contributed by atoms with Crippen molar-refractivity contribution in [2.24, 2.45) is 0 Å². The molecule has 2 heterocycles. The van der Waals surface area contributed by atoms with Gasteiger partial charge in [-0.1, -0.05) is 68.3 Å². The predicted octanol–water partition coefficient (Wildman–Crippen LogP) is 6.72. The molecule has 0 bridgehead atoms. The summed E-state index contributed by atoms with van der Waals surface area (Å²) in [4.78, 5) is 29.1. The molecular formula is C31H31NO4. The summed E-state index contributed by atoms with van der Waals surface area (Å²) in [5, 5.41) is 0.530. The molecule has 5 nitrogen and oxygen atoms in total. The molecule has 184 valence electrons. The van der Waals surface area contributed by atoms with E-state index in [2.05, 4.69) is 6.92 Å². The van der Waals surface area contributed by atoms with E-state index in [0.29, 0.717) is 29.7 Å². The number of nitrogens with zero attached hydrogens (tertiary/aromatic N) is 1. The largest absolute Gasteiger partial charge is 0.489 e. The molecule has 1 amide bonds. The smallest absolute Gasteiger partial charge is 0.290 e. The van der Waals surface area contributed by atoms with Crippen LogP contribution in [0.15, 0.2) is 75.9 Å². The summed E-state index contributed by atoms with van der Waals surface area (Å²) in [5.74, 6) is 0.696. The van der Waals surface area contributed by atoms with E-state index in [-0.39, 0.29) is 17.1 Å². The van der Waals surface area contributed by atoms with Crippen LogP contribution in [0.3, 0.4) is 0 Å². The van der Waals surface area contributed by atoms with E-state index in [0.717, 1.165) is 47.3 Å². The van der Waals surface area contributed by atoms with Crippen LogP contribution in [0.25, 0.3) is 11.0 Å². The van der Waals surface area contributed by atoms with E-state index in [4.69, 9.17) is 9.15 Å². The van der Waals surface area contributed by atoms with Crippen molar-refractivity contribution in [3.8, 4) is 5.75 Å². The van der Waals surface area contributed by atoms with Crippen LogP contribution in [0.1, 0.15) is 70.6 Å². The third-order valence-electron chi connectivity index (χ3n) is 6.84. The van der Waals surface area contributed by atoms with Gasteiger partial charge < -0.3 is 14.1 Å². The van der Waals surface area contributed by atoms with Crippen LogP contribution in [0.4, 0.5) is 0 Å². The van der Waals surface area contributed by atoms with Gasteiger partial charge in [0.15, 0.2) is 5.43 Å². The highest BCUT2D eigenvalue weighted by molar-refractivity contribution is 5.99. The third-order valence-corrected chi connectivity index (χ3v) is 6.84. The summed E-state index contributed by atoms with van der Waals surface area (Å²) in [6, 6.07) is 21.1. The zero-order valence-electron chi connectivity index (χ0n) is 21.0. The number of aryl methyl sites for hydroxylation is 2. The Labute approximate surface area is 211 Å². The van der Waals surface area contributed by atoms with Crippen molar-refractivity contribution < 1.29 is 13.9 Å². The Morgan fingerprint density at radius 1 is 0.944 bits per heavy atom. The Morgan fingerprint density at radius 3 is 2.42 bits per heavy atom. The summed E-state index contributed by atoms with van der Waals surface area (Å²) >= 11 is 0. The second kappa shape index (κ2) is 10.0. The zero-order valence-corrected chi connectivity index (χ0v) is 21.0. The molecule has 1 aromatic heterocycles. The minimum atomic E-state index is -0.478. The maximum atomic E-state index is 13.8. The molecule has 3 aromatic carbocycles. The first-order valence-electron chi connectivity index (χ1n) is 12.6. The maximum Gasteiger partial charge on any atom is 0.290 e. The number of carbonyl (C=O) groups excluding carboxylic acids is 1. The normalized spacial score (nSPS) is 14.9. The molecule has 36 heavy (non-hydrogen) atoms. The molecule has 0 aliphatic carbocycles. The second-order valence-corrected chi connectivity index (χ2v) is 9.58. The van der Waals surface area contributed by atoms with Crippen LogP contribution in [-0.2, 0) is 6.61 Å². The molecule has 1 unspecified atom stereocenters. The number of benzene rings is 3. The summed E-state index contributed by atoms with van der Waals surface area (Å²) in [5.41, 5.74) is 4.63. The zero-order chi connectivity index (χ0) is 25.2. The molecule has 5 rings (SSSR count). The fourth-order valence-corrected chi connectivity index (χ4v) is 5.07. The van der Waals surface area contributed by atoms with Gasteiger partial charge in [0, 0.05) is 6.54 Å². The Balaban J connectivity index is 1.54. The van der Waals surface area contributed by atoms with Crippen molar-refractivity contribution in [3.05, 3.63) is 111 Å². The molecule has 0 saturated carbocycles. The summed E-state index contributed by atoms with van der Waals surface area (Å²) in [6.07, 6.45) is 2.93. The van der Waals surface area contributed by atoms with E-state index < -0.39 is 6.04 Å². The van der Waals surface area contributed by atoms with Gasteiger partial charge in [0.2, 0.25) is 5.76 Å². The average molecular weight is 482 g/mol. The number of ether oxygens (including phenoxy) is 1. The van der Waals surface area contributed by atoms with E-state index >= 15 is 0 Å². The van der Waals surface area contributed by atoms with Gasteiger partial charge in [-0.2, -0.15) is 0 Å². The highest BCUT2D eigenvalue weighted by atomic mass is 16.5. The quantitative estimate of drug-likeness (QED) is 0.262. The molecule has 4 aromatic rings. The van der Waals surface area contributed by atoms with E-state index in [9.17, 15) is 9.59 Å². The minimum Gasteiger partial charge on any atom is -0.489 e. The van der Waals surface area contributed by atoms with Crippen molar-refractivity contribution in [2.45, 2.75) is 52.7 Å². The highest BCUT2D eigenvalue weighted by Crippen LogP contribution is 2.39. The van der Waals surface area contributed by atoms with Gasteiger partial charge >= 0.3 is 0 Å². The van der Waals surface area contributed by atoms with E-state index in [1.807, 2.05) is 80.6 Å². The molecular weight excluding hydrogens is 450 g/mol. The van der Waals surface area contributed by atoms with Crippen molar-refractivity contribution in [1.82, 2.24) is 4.90 Å². The Kier molecular flexibility index (Phi) is 6.64. The van der Waals surface area contributed by atoms with Crippen LogP contribution in [0.5, 0.6) is 5.75 Å².